The van der Waals surface area contributed by atoms with Crippen LogP contribution in [0, 0.1) is 0 Å². The van der Waals surface area contributed by atoms with Crippen molar-refractivity contribution in [2.24, 2.45) is 0 Å². The lowest BCUT2D eigenvalue weighted by Gasteiger charge is -2.28. The lowest BCUT2D eigenvalue weighted by Crippen LogP contribution is -2.12. The first kappa shape index (κ1) is 28.1. The molecular weight excluding hydrogens is 581 g/mol. The fourth-order valence-electron chi connectivity index (χ4n) is 7.50. The summed E-state index contributed by atoms with van der Waals surface area (Å²) in [5, 5.41) is 3.85. The van der Waals surface area contributed by atoms with Gasteiger partial charge in [0.15, 0.2) is 0 Å². The molecule has 228 valence electrons. The Balaban J connectivity index is 1.22. The molecule has 0 saturated heterocycles. The Hall–Kier alpha value is -6.12. The Morgan fingerprint density at radius 2 is 1.10 bits per heavy atom. The summed E-state index contributed by atoms with van der Waals surface area (Å²) >= 11 is 0. The maximum atomic E-state index is 2.45. The molecule has 1 aromatic heterocycles. The molecule has 0 radical (unpaired) electrons. The van der Waals surface area contributed by atoms with Crippen LogP contribution in [0.1, 0.15) is 29.2 Å². The van der Waals surface area contributed by atoms with Gasteiger partial charge in [0, 0.05) is 34.1 Å². The van der Waals surface area contributed by atoms with Crippen LogP contribution in [0.2, 0.25) is 0 Å². The zero-order valence-electron chi connectivity index (χ0n) is 26.6. The van der Waals surface area contributed by atoms with Crippen molar-refractivity contribution in [1.29, 1.82) is 0 Å². The van der Waals surface area contributed by atoms with E-state index in [-0.39, 0.29) is 5.92 Å². The number of hydrogen-bond donors (Lipinski definition) is 0. The van der Waals surface area contributed by atoms with Gasteiger partial charge in [0.25, 0.3) is 0 Å². The van der Waals surface area contributed by atoms with Gasteiger partial charge in [-0.3, -0.25) is 0 Å². The quantitative estimate of drug-likeness (QED) is 0.181. The van der Waals surface area contributed by atoms with Gasteiger partial charge in [-0.15, -0.1) is 0 Å². The van der Waals surface area contributed by atoms with Gasteiger partial charge in [-0.25, -0.2) is 0 Å². The van der Waals surface area contributed by atoms with Crippen LogP contribution < -0.4 is 4.90 Å². The Labute approximate surface area is 281 Å². The molecule has 2 nitrogen and oxygen atoms in total. The molecule has 9 rings (SSSR count). The van der Waals surface area contributed by atoms with Gasteiger partial charge in [-0.2, -0.15) is 0 Å². The number of aromatic nitrogens is 1. The van der Waals surface area contributed by atoms with E-state index in [0.29, 0.717) is 0 Å². The maximum absolute atomic E-state index is 2.45. The summed E-state index contributed by atoms with van der Waals surface area (Å²) in [6, 6.07) is 63.7. The van der Waals surface area contributed by atoms with Crippen molar-refractivity contribution in [1.82, 2.24) is 4.57 Å². The molecule has 2 heteroatoms. The highest BCUT2D eigenvalue weighted by molar-refractivity contribution is 6.02. The molecule has 1 aliphatic carbocycles. The van der Waals surface area contributed by atoms with Crippen molar-refractivity contribution in [3.8, 4) is 16.8 Å². The molecule has 7 aromatic carbocycles. The number of nitrogens with zero attached hydrogens (tertiary/aromatic N) is 2. The second-order valence-corrected chi connectivity index (χ2v) is 12.6. The summed E-state index contributed by atoms with van der Waals surface area (Å²) in [6.45, 7) is 0. The fourth-order valence-corrected chi connectivity index (χ4v) is 7.50. The average Bonchev–Trinajstić information content (AvgIpc) is 3.48. The van der Waals surface area contributed by atoms with Crippen LogP contribution in [0.5, 0.6) is 0 Å². The second kappa shape index (κ2) is 11.9. The van der Waals surface area contributed by atoms with E-state index in [0.717, 1.165) is 23.5 Å². The molecule has 0 N–H and O–H groups in total. The normalized spacial score (nSPS) is 13.9. The molecule has 1 heterocycles. The summed E-state index contributed by atoms with van der Waals surface area (Å²) in [7, 11) is 0. The molecule has 1 atom stereocenters. The van der Waals surface area contributed by atoms with Crippen LogP contribution in [0.4, 0.5) is 17.1 Å². The van der Waals surface area contributed by atoms with E-state index in [1.165, 1.54) is 55.3 Å². The zero-order chi connectivity index (χ0) is 31.9. The van der Waals surface area contributed by atoms with E-state index in [2.05, 4.69) is 198 Å². The number of anilines is 3. The summed E-state index contributed by atoms with van der Waals surface area (Å²) in [5.74, 6) is 0.215. The van der Waals surface area contributed by atoms with E-state index < -0.39 is 0 Å². The van der Waals surface area contributed by atoms with Gasteiger partial charge in [0.05, 0.1) is 11.2 Å². The molecule has 48 heavy (non-hydrogen) atoms. The van der Waals surface area contributed by atoms with E-state index in [1.54, 1.807) is 0 Å². The second-order valence-electron chi connectivity index (χ2n) is 12.6. The summed E-state index contributed by atoms with van der Waals surface area (Å²) < 4.78 is 2.45. The topological polar surface area (TPSA) is 8.17 Å². The third-order valence-corrected chi connectivity index (χ3v) is 9.68. The van der Waals surface area contributed by atoms with E-state index in [9.17, 15) is 0 Å². The van der Waals surface area contributed by atoms with Gasteiger partial charge < -0.3 is 9.47 Å². The molecule has 0 saturated carbocycles. The van der Waals surface area contributed by atoms with Gasteiger partial charge in [0.2, 0.25) is 0 Å². The lowest BCUT2D eigenvalue weighted by atomic mass is 9.83. The third kappa shape index (κ3) is 4.90. The molecule has 0 fully saturated rings. The van der Waals surface area contributed by atoms with Gasteiger partial charge in [-0.05, 0) is 106 Å². The minimum atomic E-state index is 0.215. The van der Waals surface area contributed by atoms with Crippen molar-refractivity contribution in [3.05, 3.63) is 199 Å². The Kier molecular flexibility index (Phi) is 6.98. The maximum Gasteiger partial charge on any atom is 0.0544 e. The molecule has 0 bridgehead atoms. The minimum Gasteiger partial charge on any atom is -0.310 e. The number of hydrogen-bond acceptors (Lipinski definition) is 1. The zero-order valence-corrected chi connectivity index (χ0v) is 26.6. The number of allylic oxidation sites excluding steroid dienone is 1. The number of fused-ring (bicyclic) bond motifs is 4. The summed E-state index contributed by atoms with van der Waals surface area (Å²) in [5.41, 5.74) is 12.3. The fraction of sp³-hybridized carbons (Fsp3) is 0.0435. The molecule has 1 aliphatic rings. The van der Waals surface area contributed by atoms with Crippen molar-refractivity contribution < 1.29 is 0 Å². The first-order valence-corrected chi connectivity index (χ1v) is 16.7. The van der Waals surface area contributed by atoms with Crippen LogP contribution in [0.15, 0.2) is 182 Å². The molecule has 0 aliphatic heterocycles. The van der Waals surface area contributed by atoms with Crippen molar-refractivity contribution in [3.63, 3.8) is 0 Å². The summed E-state index contributed by atoms with van der Waals surface area (Å²) in [6.07, 6.45) is 5.64. The molecule has 1 unspecified atom stereocenters. The highest BCUT2D eigenvalue weighted by Crippen LogP contribution is 2.45. The molecule has 0 amide bonds. The molecule has 0 spiro atoms. The number of benzene rings is 7. The van der Waals surface area contributed by atoms with Gasteiger partial charge in [-0.1, -0.05) is 121 Å². The van der Waals surface area contributed by atoms with Crippen LogP contribution in [-0.2, 0) is 0 Å². The van der Waals surface area contributed by atoms with Crippen molar-refractivity contribution in [2.45, 2.75) is 12.3 Å². The SMILES string of the molecule is C1=Cc2c(c3cc4ccccc4cc3n2-c2ccccc2)C(c2cccc(N(c3ccccc3)c3cccc(-c4ccccc4)c3)c2)C1. The summed E-state index contributed by atoms with van der Waals surface area (Å²) in [4.78, 5) is 2.39. The van der Waals surface area contributed by atoms with E-state index >= 15 is 0 Å². The van der Waals surface area contributed by atoms with Crippen molar-refractivity contribution in [2.75, 3.05) is 4.90 Å². The van der Waals surface area contributed by atoms with Crippen LogP contribution in [0.3, 0.4) is 0 Å². The van der Waals surface area contributed by atoms with E-state index in [4.69, 9.17) is 0 Å². The van der Waals surface area contributed by atoms with Gasteiger partial charge >= 0.3 is 0 Å². The Morgan fingerprint density at radius 3 is 1.88 bits per heavy atom. The Bertz CT molecular complexity index is 2420. The Morgan fingerprint density at radius 1 is 0.500 bits per heavy atom. The standard InChI is InChI=1S/C46H34N2/c1-4-15-33(16-5-1)34-19-12-25-40(29-34)47(38-21-6-2-7-22-38)41-26-13-20-37(30-41)42-27-14-28-44-46(42)43-31-35-17-10-11-18-36(35)32-45(43)48(44)39-23-8-3-9-24-39/h1-26,28-32,42H,27H2. The van der Waals surface area contributed by atoms with Crippen LogP contribution >= 0.6 is 0 Å². The molecule has 8 aromatic rings. The minimum absolute atomic E-state index is 0.215. The average molecular weight is 615 g/mol. The molecular formula is C46H34N2. The monoisotopic (exact) mass is 614 g/mol. The largest absolute Gasteiger partial charge is 0.310 e. The first-order chi connectivity index (χ1) is 23.8. The van der Waals surface area contributed by atoms with Gasteiger partial charge in [0.1, 0.15) is 0 Å². The highest BCUT2D eigenvalue weighted by atomic mass is 15.1. The van der Waals surface area contributed by atoms with E-state index in [1.807, 2.05) is 0 Å². The number of rotatable bonds is 6. The predicted octanol–water partition coefficient (Wildman–Crippen LogP) is 12.5. The third-order valence-electron chi connectivity index (χ3n) is 9.68. The smallest absolute Gasteiger partial charge is 0.0544 e. The van der Waals surface area contributed by atoms with Crippen molar-refractivity contribution >= 4 is 44.8 Å². The predicted molar refractivity (Wildman–Crippen MR) is 203 cm³/mol. The van der Waals surface area contributed by atoms with Crippen LogP contribution in [-0.4, -0.2) is 4.57 Å². The van der Waals surface area contributed by atoms with Crippen LogP contribution in [0.25, 0.3) is 44.6 Å². The first-order valence-electron chi connectivity index (χ1n) is 16.7. The number of para-hydroxylation sites is 2. The highest BCUT2D eigenvalue weighted by Gasteiger charge is 2.28. The lowest BCUT2D eigenvalue weighted by molar-refractivity contribution is 0.819.